The van der Waals surface area contributed by atoms with Crippen molar-refractivity contribution in [3.8, 4) is 17.2 Å². The van der Waals surface area contributed by atoms with Gasteiger partial charge in [0.1, 0.15) is 11.6 Å². The third kappa shape index (κ3) is 3.99. The molecule has 0 saturated heterocycles. The van der Waals surface area contributed by atoms with Crippen molar-refractivity contribution in [3.63, 3.8) is 0 Å². The zero-order valence-electron chi connectivity index (χ0n) is 13.2. The van der Waals surface area contributed by atoms with E-state index in [9.17, 15) is 14.9 Å². The second-order valence-electron chi connectivity index (χ2n) is 4.97. The average molecular weight is 363 g/mol. The highest BCUT2D eigenvalue weighted by molar-refractivity contribution is 7.99. The number of carbonyl (C=O) groups is 1. The molecule has 0 saturated carbocycles. The van der Waals surface area contributed by atoms with Crippen LogP contribution in [0.3, 0.4) is 0 Å². The summed E-state index contributed by atoms with van der Waals surface area (Å²) in [7, 11) is 1.34. The molecule has 0 radical (unpaired) electrons. The minimum absolute atomic E-state index is 0.0171. The summed E-state index contributed by atoms with van der Waals surface area (Å²) in [4.78, 5) is 26.7. The van der Waals surface area contributed by atoms with Gasteiger partial charge in [-0.2, -0.15) is 5.26 Å². The zero-order valence-corrected chi connectivity index (χ0v) is 14.8. The van der Waals surface area contributed by atoms with Gasteiger partial charge in [-0.05, 0) is 25.1 Å². The first-order chi connectivity index (χ1) is 11.5. The van der Waals surface area contributed by atoms with Crippen molar-refractivity contribution in [1.82, 2.24) is 4.98 Å². The number of nitrogens with one attached hydrogen (secondary N) is 1. The normalized spacial score (nSPS) is 10.2. The quantitative estimate of drug-likeness (QED) is 0.649. The van der Waals surface area contributed by atoms with E-state index in [1.165, 1.54) is 18.9 Å². The smallest absolute Gasteiger partial charge is 0.306 e. The van der Waals surface area contributed by atoms with Crippen LogP contribution in [0.1, 0.15) is 17.7 Å². The molecular weight excluding hydrogens is 348 g/mol. The van der Waals surface area contributed by atoms with Crippen molar-refractivity contribution in [2.75, 3.05) is 12.9 Å². The summed E-state index contributed by atoms with van der Waals surface area (Å²) in [6.45, 7) is 1.74. The lowest BCUT2D eigenvalue weighted by atomic mass is 10.0. The van der Waals surface area contributed by atoms with E-state index < -0.39 is 5.56 Å². The number of aromatic nitrogens is 1. The Morgan fingerprint density at radius 3 is 2.88 bits per heavy atom. The third-order valence-electron chi connectivity index (χ3n) is 3.32. The fourth-order valence-corrected chi connectivity index (χ4v) is 3.59. The van der Waals surface area contributed by atoms with Gasteiger partial charge in [-0.1, -0.05) is 17.7 Å². The van der Waals surface area contributed by atoms with Crippen LogP contribution < -0.4 is 5.56 Å². The van der Waals surface area contributed by atoms with Crippen LogP contribution in [0, 0.1) is 18.3 Å². The number of aryl methyl sites for hydroxylation is 1. The molecule has 1 heterocycles. The highest BCUT2D eigenvalue weighted by Crippen LogP contribution is 2.38. The molecular formula is C17H15ClN2O3S. The lowest BCUT2D eigenvalue weighted by molar-refractivity contribution is -0.140. The molecule has 24 heavy (non-hydrogen) atoms. The number of aromatic amines is 1. The fourth-order valence-electron chi connectivity index (χ4n) is 2.23. The Bertz CT molecular complexity index is 871. The van der Waals surface area contributed by atoms with Gasteiger partial charge in [-0.25, -0.2) is 0 Å². The molecule has 1 N–H and O–H groups in total. The highest BCUT2D eigenvalue weighted by atomic mass is 35.5. The highest BCUT2D eigenvalue weighted by Gasteiger charge is 2.17. The molecule has 0 bridgehead atoms. The summed E-state index contributed by atoms with van der Waals surface area (Å²) in [5.74, 6) is 0.208. The summed E-state index contributed by atoms with van der Waals surface area (Å²) in [5, 5.41) is 9.78. The summed E-state index contributed by atoms with van der Waals surface area (Å²) in [6, 6.07) is 9.01. The van der Waals surface area contributed by atoms with Crippen LogP contribution in [0.25, 0.3) is 11.1 Å². The van der Waals surface area contributed by atoms with Crippen LogP contribution in [0.4, 0.5) is 0 Å². The predicted octanol–water partition coefficient (Wildman–Crippen LogP) is 3.53. The van der Waals surface area contributed by atoms with Crippen LogP contribution in [0.2, 0.25) is 5.02 Å². The third-order valence-corrected chi connectivity index (χ3v) is 4.69. The number of ether oxygens (including phenoxy) is 1. The number of carbonyl (C=O) groups excluding carboxylic acids is 1. The number of methoxy groups -OCH3 is 1. The number of halogens is 1. The molecule has 124 valence electrons. The van der Waals surface area contributed by atoms with Gasteiger partial charge in [0.25, 0.3) is 5.56 Å². The molecule has 0 aliphatic rings. The maximum absolute atomic E-state index is 12.0. The molecule has 5 nitrogen and oxygen atoms in total. The SMILES string of the molecule is COC(=O)CCSc1cccc(Cl)c1-c1cc(C)[nH]c(=O)c1C#N. The number of H-pyrrole nitrogens is 1. The van der Waals surface area contributed by atoms with Crippen LogP contribution in [-0.2, 0) is 9.53 Å². The number of thioether (sulfide) groups is 1. The summed E-state index contributed by atoms with van der Waals surface area (Å²) in [6.07, 6.45) is 0.257. The topological polar surface area (TPSA) is 83.0 Å². The van der Waals surface area contributed by atoms with Gasteiger partial charge in [-0.3, -0.25) is 9.59 Å². The Morgan fingerprint density at radius 2 is 2.21 bits per heavy atom. The molecule has 0 amide bonds. The largest absolute Gasteiger partial charge is 0.469 e. The standard InChI is InChI=1S/C17H15ClN2O3S/c1-10-8-11(12(9-19)17(22)20-10)16-13(18)4-3-5-14(16)24-7-6-15(21)23-2/h3-5,8H,6-7H2,1-2H3,(H,20,22). The van der Waals surface area contributed by atoms with Crippen molar-refractivity contribution in [3.05, 3.63) is 50.9 Å². The number of nitrogens with zero attached hydrogens (tertiary/aromatic N) is 1. The Morgan fingerprint density at radius 1 is 1.46 bits per heavy atom. The molecule has 0 unspecified atom stereocenters. The molecule has 7 heteroatoms. The molecule has 0 atom stereocenters. The van der Waals surface area contributed by atoms with Gasteiger partial charge < -0.3 is 9.72 Å². The first-order valence-electron chi connectivity index (χ1n) is 7.10. The lowest BCUT2D eigenvalue weighted by Crippen LogP contribution is -2.13. The van der Waals surface area contributed by atoms with Gasteiger partial charge in [-0.15, -0.1) is 11.8 Å². The summed E-state index contributed by atoms with van der Waals surface area (Å²) < 4.78 is 4.63. The van der Waals surface area contributed by atoms with Crippen molar-refractivity contribution >= 4 is 29.3 Å². The van der Waals surface area contributed by atoms with Crippen molar-refractivity contribution in [2.45, 2.75) is 18.2 Å². The minimum Gasteiger partial charge on any atom is -0.469 e. The van der Waals surface area contributed by atoms with Gasteiger partial charge in [0.2, 0.25) is 0 Å². The van der Waals surface area contributed by atoms with E-state index in [2.05, 4.69) is 9.72 Å². The zero-order chi connectivity index (χ0) is 17.7. The minimum atomic E-state index is -0.446. The first-order valence-corrected chi connectivity index (χ1v) is 8.46. The van der Waals surface area contributed by atoms with E-state index in [0.29, 0.717) is 27.6 Å². The maximum atomic E-state index is 12.0. The number of rotatable bonds is 5. The number of pyridine rings is 1. The maximum Gasteiger partial charge on any atom is 0.306 e. The number of hydrogen-bond donors (Lipinski definition) is 1. The average Bonchev–Trinajstić information content (AvgIpc) is 2.54. The van der Waals surface area contributed by atoms with Crippen molar-refractivity contribution in [2.24, 2.45) is 0 Å². The number of nitriles is 1. The number of hydrogen-bond acceptors (Lipinski definition) is 5. The Hall–Kier alpha value is -2.23. The van der Waals surface area contributed by atoms with E-state index in [4.69, 9.17) is 11.6 Å². The molecule has 1 aromatic carbocycles. The van der Waals surface area contributed by atoms with E-state index >= 15 is 0 Å². The van der Waals surface area contributed by atoms with E-state index in [1.807, 2.05) is 12.1 Å². The lowest BCUT2D eigenvalue weighted by Gasteiger charge is -2.13. The second kappa shape index (κ2) is 8.04. The van der Waals surface area contributed by atoms with E-state index in [-0.39, 0.29) is 18.0 Å². The molecule has 1 aromatic heterocycles. The predicted molar refractivity (Wildman–Crippen MR) is 94.3 cm³/mol. The Kier molecular flexibility index (Phi) is 6.07. The Balaban J connectivity index is 2.50. The summed E-state index contributed by atoms with van der Waals surface area (Å²) in [5.41, 5.74) is 1.32. The van der Waals surface area contributed by atoms with Crippen LogP contribution in [0.5, 0.6) is 0 Å². The van der Waals surface area contributed by atoms with E-state index in [1.54, 1.807) is 25.1 Å². The van der Waals surface area contributed by atoms with Crippen LogP contribution in [-0.4, -0.2) is 23.8 Å². The van der Waals surface area contributed by atoms with E-state index in [0.717, 1.165) is 4.90 Å². The molecule has 0 aliphatic carbocycles. The fraction of sp³-hybridized carbons (Fsp3) is 0.235. The Labute approximate surface area is 148 Å². The number of esters is 1. The van der Waals surface area contributed by atoms with Crippen molar-refractivity contribution < 1.29 is 9.53 Å². The van der Waals surface area contributed by atoms with Crippen LogP contribution in [0.15, 0.2) is 34.0 Å². The molecule has 0 fully saturated rings. The summed E-state index contributed by atoms with van der Waals surface area (Å²) >= 11 is 7.76. The van der Waals surface area contributed by atoms with Gasteiger partial charge in [0, 0.05) is 32.5 Å². The number of benzene rings is 1. The monoisotopic (exact) mass is 362 g/mol. The van der Waals surface area contributed by atoms with Crippen molar-refractivity contribution in [1.29, 1.82) is 5.26 Å². The molecule has 2 aromatic rings. The molecule has 0 spiro atoms. The first kappa shape index (κ1) is 18.1. The van der Waals surface area contributed by atoms with Gasteiger partial charge >= 0.3 is 5.97 Å². The van der Waals surface area contributed by atoms with Crippen LogP contribution >= 0.6 is 23.4 Å². The van der Waals surface area contributed by atoms with Gasteiger partial charge in [0.05, 0.1) is 13.5 Å². The van der Waals surface area contributed by atoms with Gasteiger partial charge in [0.15, 0.2) is 0 Å². The molecule has 0 aliphatic heterocycles. The second-order valence-corrected chi connectivity index (χ2v) is 6.51. The molecule has 2 rings (SSSR count).